The molecule has 1 N–H and O–H groups in total. The van der Waals surface area contributed by atoms with Crippen molar-refractivity contribution >= 4 is 16.8 Å². The van der Waals surface area contributed by atoms with Gasteiger partial charge in [0.15, 0.2) is 0 Å². The SMILES string of the molecule is Cc1ccc(C2CCCN2C(=O)CCn2c(=O)[nH]c(=O)c3ccccc32)cc1. The minimum Gasteiger partial charge on any atom is -0.336 e. The number of nitrogens with zero attached hydrogens (tertiary/aromatic N) is 2. The zero-order chi connectivity index (χ0) is 19.7. The number of aromatic amines is 1. The Labute approximate surface area is 162 Å². The fraction of sp³-hybridized carbons (Fsp3) is 0.318. The molecule has 2 aromatic carbocycles. The Hall–Kier alpha value is -3.15. The number of rotatable bonds is 4. The average Bonchev–Trinajstić information content (AvgIpc) is 3.18. The first-order valence-corrected chi connectivity index (χ1v) is 9.62. The largest absolute Gasteiger partial charge is 0.336 e. The predicted molar refractivity (Wildman–Crippen MR) is 108 cm³/mol. The Morgan fingerprint density at radius 2 is 1.86 bits per heavy atom. The van der Waals surface area contributed by atoms with Gasteiger partial charge in [-0.3, -0.25) is 19.1 Å². The fourth-order valence-electron chi connectivity index (χ4n) is 4.02. The molecule has 1 aromatic heterocycles. The molecule has 6 heteroatoms. The molecule has 1 aliphatic heterocycles. The number of aromatic nitrogens is 2. The number of hydrogen-bond donors (Lipinski definition) is 1. The van der Waals surface area contributed by atoms with Crippen LogP contribution in [-0.2, 0) is 11.3 Å². The van der Waals surface area contributed by atoms with E-state index < -0.39 is 11.2 Å². The Morgan fingerprint density at radius 3 is 2.64 bits per heavy atom. The molecule has 1 atom stereocenters. The van der Waals surface area contributed by atoms with Crippen molar-refractivity contribution in [1.82, 2.24) is 14.5 Å². The predicted octanol–water partition coefficient (Wildman–Crippen LogP) is 2.75. The minimum atomic E-state index is -0.479. The summed E-state index contributed by atoms with van der Waals surface area (Å²) in [6.45, 7) is 3.03. The molecule has 0 spiro atoms. The zero-order valence-electron chi connectivity index (χ0n) is 15.9. The third-order valence-corrected chi connectivity index (χ3v) is 5.49. The first-order valence-electron chi connectivity index (χ1n) is 9.62. The van der Waals surface area contributed by atoms with Crippen LogP contribution in [0.25, 0.3) is 10.9 Å². The maximum Gasteiger partial charge on any atom is 0.328 e. The minimum absolute atomic E-state index is 0.0326. The average molecular weight is 377 g/mol. The van der Waals surface area contributed by atoms with Crippen LogP contribution in [-0.4, -0.2) is 26.9 Å². The number of likely N-dealkylation sites (tertiary alicyclic amines) is 1. The molecule has 2 heterocycles. The molecule has 6 nitrogen and oxygen atoms in total. The van der Waals surface area contributed by atoms with Crippen molar-refractivity contribution in [3.63, 3.8) is 0 Å². The van der Waals surface area contributed by atoms with E-state index in [9.17, 15) is 14.4 Å². The maximum absolute atomic E-state index is 12.9. The van der Waals surface area contributed by atoms with Crippen molar-refractivity contribution in [2.45, 2.75) is 38.8 Å². The highest BCUT2D eigenvalue weighted by molar-refractivity contribution is 5.79. The van der Waals surface area contributed by atoms with Gasteiger partial charge >= 0.3 is 5.69 Å². The Kier molecular flexibility index (Phi) is 4.86. The van der Waals surface area contributed by atoms with E-state index >= 15 is 0 Å². The fourth-order valence-corrected chi connectivity index (χ4v) is 4.02. The number of fused-ring (bicyclic) bond motifs is 1. The summed E-state index contributed by atoms with van der Waals surface area (Å²) >= 11 is 0. The topological polar surface area (TPSA) is 75.2 Å². The third-order valence-electron chi connectivity index (χ3n) is 5.49. The van der Waals surface area contributed by atoms with E-state index in [0.717, 1.165) is 24.9 Å². The van der Waals surface area contributed by atoms with Crippen LogP contribution < -0.4 is 11.2 Å². The highest BCUT2D eigenvalue weighted by Gasteiger charge is 2.29. The van der Waals surface area contributed by atoms with Gasteiger partial charge in [0, 0.05) is 19.5 Å². The molecule has 28 heavy (non-hydrogen) atoms. The van der Waals surface area contributed by atoms with E-state index in [-0.39, 0.29) is 24.9 Å². The van der Waals surface area contributed by atoms with E-state index in [1.807, 2.05) is 11.8 Å². The molecule has 1 fully saturated rings. The summed E-state index contributed by atoms with van der Waals surface area (Å²) < 4.78 is 1.48. The Balaban J connectivity index is 1.55. The first-order chi connectivity index (χ1) is 13.5. The Morgan fingerprint density at radius 1 is 1.11 bits per heavy atom. The standard InChI is InChI=1S/C22H23N3O3/c1-15-8-10-16(11-9-15)18-7-4-13-24(18)20(26)12-14-25-19-6-3-2-5-17(19)21(27)23-22(25)28/h2-3,5-6,8-11,18H,4,7,12-14H2,1H3,(H,23,27,28). The van der Waals surface area contributed by atoms with Crippen LogP contribution >= 0.6 is 0 Å². The number of amides is 1. The number of para-hydroxylation sites is 1. The van der Waals surface area contributed by atoms with Gasteiger partial charge in [-0.25, -0.2) is 4.79 Å². The van der Waals surface area contributed by atoms with Gasteiger partial charge in [0.05, 0.1) is 16.9 Å². The number of nitrogens with one attached hydrogen (secondary N) is 1. The number of carbonyl (C=O) groups is 1. The van der Waals surface area contributed by atoms with Gasteiger partial charge in [0.1, 0.15) is 0 Å². The molecule has 1 aliphatic rings. The molecule has 0 saturated carbocycles. The van der Waals surface area contributed by atoms with Crippen molar-refractivity contribution in [1.29, 1.82) is 0 Å². The highest BCUT2D eigenvalue weighted by atomic mass is 16.2. The van der Waals surface area contributed by atoms with E-state index in [4.69, 9.17) is 0 Å². The van der Waals surface area contributed by atoms with Crippen LogP contribution in [0.5, 0.6) is 0 Å². The lowest BCUT2D eigenvalue weighted by Gasteiger charge is -2.25. The summed E-state index contributed by atoms with van der Waals surface area (Å²) in [5.41, 5.74) is 2.03. The Bertz CT molecular complexity index is 1130. The van der Waals surface area contributed by atoms with Crippen LogP contribution in [0.3, 0.4) is 0 Å². The number of hydrogen-bond acceptors (Lipinski definition) is 3. The van der Waals surface area contributed by atoms with Crippen LogP contribution in [0.2, 0.25) is 0 Å². The van der Waals surface area contributed by atoms with Gasteiger partial charge in [-0.1, -0.05) is 42.0 Å². The first kappa shape index (κ1) is 18.2. The normalized spacial score (nSPS) is 16.6. The van der Waals surface area contributed by atoms with Crippen molar-refractivity contribution in [3.8, 4) is 0 Å². The zero-order valence-corrected chi connectivity index (χ0v) is 15.9. The van der Waals surface area contributed by atoms with Crippen molar-refractivity contribution in [2.75, 3.05) is 6.54 Å². The molecule has 4 rings (SSSR count). The van der Waals surface area contributed by atoms with E-state index in [0.29, 0.717) is 10.9 Å². The summed E-state index contributed by atoms with van der Waals surface area (Å²) in [7, 11) is 0. The summed E-state index contributed by atoms with van der Waals surface area (Å²) in [6, 6.07) is 15.4. The quantitative estimate of drug-likeness (QED) is 0.760. The van der Waals surface area contributed by atoms with Crippen molar-refractivity contribution in [3.05, 3.63) is 80.5 Å². The van der Waals surface area contributed by atoms with Crippen LogP contribution in [0.15, 0.2) is 58.1 Å². The lowest BCUT2D eigenvalue weighted by Crippen LogP contribution is -2.34. The second kappa shape index (κ2) is 7.46. The summed E-state index contributed by atoms with van der Waals surface area (Å²) in [5, 5.41) is 0.452. The van der Waals surface area contributed by atoms with Gasteiger partial charge in [-0.15, -0.1) is 0 Å². The maximum atomic E-state index is 12.9. The summed E-state index contributed by atoms with van der Waals surface area (Å²) in [4.78, 5) is 41.5. The van der Waals surface area contributed by atoms with E-state index in [1.165, 1.54) is 10.1 Å². The van der Waals surface area contributed by atoms with Crippen LogP contribution in [0.4, 0.5) is 0 Å². The van der Waals surface area contributed by atoms with Crippen molar-refractivity contribution < 1.29 is 4.79 Å². The summed E-state index contributed by atoms with van der Waals surface area (Å²) in [5.74, 6) is 0.0326. The molecule has 144 valence electrons. The van der Waals surface area contributed by atoms with Crippen molar-refractivity contribution in [2.24, 2.45) is 0 Å². The second-order valence-electron chi connectivity index (χ2n) is 7.33. The number of benzene rings is 2. The van der Waals surface area contributed by atoms with Crippen LogP contribution in [0, 0.1) is 6.92 Å². The molecular formula is C22H23N3O3. The molecule has 1 unspecified atom stereocenters. The number of carbonyl (C=O) groups excluding carboxylic acids is 1. The third kappa shape index (κ3) is 3.38. The van der Waals surface area contributed by atoms with Gasteiger partial charge in [-0.2, -0.15) is 0 Å². The highest BCUT2D eigenvalue weighted by Crippen LogP contribution is 2.32. The van der Waals surface area contributed by atoms with Crippen LogP contribution in [0.1, 0.15) is 36.4 Å². The van der Waals surface area contributed by atoms with Gasteiger partial charge in [0.2, 0.25) is 5.91 Å². The molecule has 0 bridgehead atoms. The molecule has 0 aliphatic carbocycles. The number of H-pyrrole nitrogens is 1. The number of aryl methyl sites for hydroxylation is 2. The lowest BCUT2D eigenvalue weighted by atomic mass is 10.0. The van der Waals surface area contributed by atoms with Gasteiger partial charge < -0.3 is 4.90 Å². The van der Waals surface area contributed by atoms with Gasteiger partial charge in [0.25, 0.3) is 5.56 Å². The molecule has 3 aromatic rings. The lowest BCUT2D eigenvalue weighted by molar-refractivity contribution is -0.132. The molecular weight excluding hydrogens is 354 g/mol. The summed E-state index contributed by atoms with van der Waals surface area (Å²) in [6.07, 6.45) is 2.15. The molecule has 0 radical (unpaired) electrons. The smallest absolute Gasteiger partial charge is 0.328 e. The monoisotopic (exact) mass is 377 g/mol. The molecule has 1 amide bonds. The van der Waals surface area contributed by atoms with E-state index in [1.54, 1.807) is 24.3 Å². The van der Waals surface area contributed by atoms with E-state index in [2.05, 4.69) is 29.2 Å². The second-order valence-corrected chi connectivity index (χ2v) is 7.33. The van der Waals surface area contributed by atoms with Gasteiger partial charge in [-0.05, 0) is 37.5 Å². The molecule has 1 saturated heterocycles.